The van der Waals surface area contributed by atoms with E-state index in [-0.39, 0.29) is 4.83 Å². The zero-order valence-corrected chi connectivity index (χ0v) is 14.5. The summed E-state index contributed by atoms with van der Waals surface area (Å²) in [4.78, 5) is -0.110. The Bertz CT molecular complexity index is 632. The van der Waals surface area contributed by atoms with Crippen molar-refractivity contribution in [2.45, 2.75) is 18.2 Å². The van der Waals surface area contributed by atoms with Crippen LogP contribution in [0.2, 0.25) is 0 Å². The molecule has 1 atom stereocenters. The van der Waals surface area contributed by atoms with Gasteiger partial charge in [-0.2, -0.15) is 0 Å². The third-order valence-electron chi connectivity index (χ3n) is 3.05. The molecule has 2 aromatic rings. The van der Waals surface area contributed by atoms with E-state index in [1.165, 1.54) is 6.07 Å². The van der Waals surface area contributed by atoms with E-state index in [9.17, 15) is 8.78 Å². The Morgan fingerprint density at radius 2 is 1.95 bits per heavy atom. The summed E-state index contributed by atoms with van der Waals surface area (Å²) in [6, 6.07) is 9.92. The van der Waals surface area contributed by atoms with Crippen LogP contribution < -0.4 is 4.74 Å². The Hall–Kier alpha value is -0.940. The van der Waals surface area contributed by atoms with E-state index in [1.807, 2.05) is 25.1 Å². The zero-order chi connectivity index (χ0) is 15.4. The molecule has 0 aliphatic rings. The lowest BCUT2D eigenvalue weighted by molar-refractivity contribution is 0.338. The molecule has 0 heterocycles. The standard InChI is InChI=1S/C16H14Br2F2O/c1-2-21-15-7-6-10(8-13(15)18)12(17)9-11-4-3-5-14(19)16(11)20/h3-8,12H,2,9H2,1H3. The normalized spacial score (nSPS) is 12.2. The van der Waals surface area contributed by atoms with Gasteiger partial charge in [-0.25, -0.2) is 8.78 Å². The summed E-state index contributed by atoms with van der Waals surface area (Å²) >= 11 is 6.98. The van der Waals surface area contributed by atoms with Gasteiger partial charge in [-0.1, -0.05) is 34.1 Å². The largest absolute Gasteiger partial charge is 0.493 e. The highest BCUT2D eigenvalue weighted by atomic mass is 79.9. The molecule has 2 rings (SSSR count). The van der Waals surface area contributed by atoms with E-state index >= 15 is 0 Å². The van der Waals surface area contributed by atoms with Crippen molar-refractivity contribution in [3.63, 3.8) is 0 Å². The number of rotatable bonds is 5. The van der Waals surface area contributed by atoms with E-state index in [1.54, 1.807) is 6.07 Å². The van der Waals surface area contributed by atoms with Gasteiger partial charge in [-0.15, -0.1) is 0 Å². The molecule has 0 aromatic heterocycles. The van der Waals surface area contributed by atoms with Gasteiger partial charge in [0.2, 0.25) is 0 Å². The van der Waals surface area contributed by atoms with Crippen molar-refractivity contribution >= 4 is 31.9 Å². The first-order chi connectivity index (χ1) is 10.0. The van der Waals surface area contributed by atoms with Crippen molar-refractivity contribution < 1.29 is 13.5 Å². The fraction of sp³-hybridized carbons (Fsp3) is 0.250. The number of hydrogen-bond donors (Lipinski definition) is 0. The number of hydrogen-bond acceptors (Lipinski definition) is 1. The van der Waals surface area contributed by atoms with Crippen LogP contribution >= 0.6 is 31.9 Å². The van der Waals surface area contributed by atoms with Gasteiger partial charge < -0.3 is 4.74 Å². The van der Waals surface area contributed by atoms with Gasteiger partial charge in [-0.05, 0) is 58.6 Å². The van der Waals surface area contributed by atoms with Crippen molar-refractivity contribution in [2.24, 2.45) is 0 Å². The molecule has 1 nitrogen and oxygen atoms in total. The number of benzene rings is 2. The Morgan fingerprint density at radius 1 is 1.19 bits per heavy atom. The van der Waals surface area contributed by atoms with E-state index < -0.39 is 11.6 Å². The van der Waals surface area contributed by atoms with Gasteiger partial charge in [0.25, 0.3) is 0 Å². The Labute approximate surface area is 139 Å². The SMILES string of the molecule is CCOc1ccc(C(Br)Cc2cccc(F)c2F)cc1Br. The van der Waals surface area contributed by atoms with Crippen LogP contribution in [0, 0.1) is 11.6 Å². The van der Waals surface area contributed by atoms with Crippen LogP contribution in [0.25, 0.3) is 0 Å². The highest BCUT2D eigenvalue weighted by Crippen LogP contribution is 2.34. The van der Waals surface area contributed by atoms with E-state index in [2.05, 4.69) is 31.9 Å². The minimum absolute atomic E-state index is 0.110. The molecule has 0 aliphatic heterocycles. The minimum Gasteiger partial charge on any atom is -0.493 e. The van der Waals surface area contributed by atoms with Crippen LogP contribution in [0.15, 0.2) is 40.9 Å². The van der Waals surface area contributed by atoms with Crippen LogP contribution in [0.4, 0.5) is 8.78 Å². The second-order valence-electron chi connectivity index (χ2n) is 4.51. The lowest BCUT2D eigenvalue weighted by atomic mass is 10.0. The summed E-state index contributed by atoms with van der Waals surface area (Å²) in [6.07, 6.45) is 0.365. The van der Waals surface area contributed by atoms with Gasteiger partial charge >= 0.3 is 0 Å². The van der Waals surface area contributed by atoms with Crippen LogP contribution in [-0.2, 0) is 6.42 Å². The summed E-state index contributed by atoms with van der Waals surface area (Å²) in [5.74, 6) is -0.843. The third kappa shape index (κ3) is 4.04. The van der Waals surface area contributed by atoms with Gasteiger partial charge in [0, 0.05) is 4.83 Å². The quantitative estimate of drug-likeness (QED) is 0.556. The molecule has 0 amide bonds. The van der Waals surface area contributed by atoms with Crippen molar-refractivity contribution in [2.75, 3.05) is 6.61 Å². The first-order valence-corrected chi connectivity index (χ1v) is 8.23. The molecule has 0 saturated heterocycles. The number of ether oxygens (including phenoxy) is 1. The lowest BCUT2D eigenvalue weighted by Gasteiger charge is -2.13. The predicted molar refractivity (Wildman–Crippen MR) is 87.0 cm³/mol. The Morgan fingerprint density at radius 3 is 2.62 bits per heavy atom. The first-order valence-electron chi connectivity index (χ1n) is 6.52. The second kappa shape index (κ2) is 7.36. The molecule has 2 aromatic carbocycles. The summed E-state index contributed by atoms with van der Waals surface area (Å²) in [6.45, 7) is 2.50. The van der Waals surface area contributed by atoms with Gasteiger partial charge in [0.1, 0.15) is 5.75 Å². The smallest absolute Gasteiger partial charge is 0.162 e. The molecule has 0 saturated carbocycles. The lowest BCUT2D eigenvalue weighted by Crippen LogP contribution is -2.01. The van der Waals surface area contributed by atoms with Crippen molar-refractivity contribution in [1.82, 2.24) is 0 Å². The zero-order valence-electron chi connectivity index (χ0n) is 11.4. The van der Waals surface area contributed by atoms with Crippen molar-refractivity contribution in [1.29, 1.82) is 0 Å². The predicted octanol–water partition coefficient (Wildman–Crippen LogP) is 5.80. The van der Waals surface area contributed by atoms with Crippen LogP contribution in [-0.4, -0.2) is 6.61 Å². The molecule has 21 heavy (non-hydrogen) atoms. The maximum absolute atomic E-state index is 13.7. The molecule has 0 fully saturated rings. The fourth-order valence-electron chi connectivity index (χ4n) is 2.00. The average molecular weight is 420 g/mol. The minimum atomic E-state index is -0.819. The maximum atomic E-state index is 13.7. The molecule has 0 bridgehead atoms. The third-order valence-corrected chi connectivity index (χ3v) is 4.52. The Kier molecular flexibility index (Phi) is 5.76. The summed E-state index contributed by atoms with van der Waals surface area (Å²) in [5, 5.41) is 0. The Balaban J connectivity index is 2.18. The molecule has 112 valence electrons. The number of halogens is 4. The second-order valence-corrected chi connectivity index (χ2v) is 6.47. The van der Waals surface area contributed by atoms with E-state index in [0.29, 0.717) is 18.6 Å². The van der Waals surface area contributed by atoms with Crippen LogP contribution in [0.5, 0.6) is 5.75 Å². The molecule has 1 unspecified atom stereocenters. The van der Waals surface area contributed by atoms with Crippen molar-refractivity contribution in [3.05, 3.63) is 63.6 Å². The molecule has 0 aliphatic carbocycles. The molecular weight excluding hydrogens is 406 g/mol. The average Bonchev–Trinajstić information content (AvgIpc) is 2.46. The maximum Gasteiger partial charge on any atom is 0.162 e. The van der Waals surface area contributed by atoms with E-state index in [4.69, 9.17) is 4.74 Å². The molecule has 5 heteroatoms. The first kappa shape index (κ1) is 16.4. The highest BCUT2D eigenvalue weighted by Gasteiger charge is 2.15. The van der Waals surface area contributed by atoms with Gasteiger partial charge in [0.15, 0.2) is 11.6 Å². The van der Waals surface area contributed by atoms with Gasteiger partial charge in [-0.3, -0.25) is 0 Å². The van der Waals surface area contributed by atoms with Crippen molar-refractivity contribution in [3.8, 4) is 5.75 Å². The van der Waals surface area contributed by atoms with E-state index in [0.717, 1.165) is 21.9 Å². The number of alkyl halides is 1. The summed E-state index contributed by atoms with van der Waals surface area (Å²) < 4.78 is 33.2. The summed E-state index contributed by atoms with van der Waals surface area (Å²) in [5.41, 5.74) is 1.32. The van der Waals surface area contributed by atoms with Crippen LogP contribution in [0.3, 0.4) is 0 Å². The molecule has 0 radical (unpaired) electrons. The molecule has 0 N–H and O–H groups in total. The molecular formula is C16H14Br2F2O. The van der Waals surface area contributed by atoms with Crippen LogP contribution in [0.1, 0.15) is 22.9 Å². The molecule has 0 spiro atoms. The van der Waals surface area contributed by atoms with Gasteiger partial charge in [0.05, 0.1) is 11.1 Å². The fourth-order valence-corrected chi connectivity index (χ4v) is 3.15. The topological polar surface area (TPSA) is 9.23 Å². The highest BCUT2D eigenvalue weighted by molar-refractivity contribution is 9.10. The summed E-state index contributed by atoms with van der Waals surface area (Å²) in [7, 11) is 0. The monoisotopic (exact) mass is 418 g/mol.